The SMILES string of the molecule is NC1C[C@H]2COC[C@@H](C1)N2CCCOc1ccc(F)cc1. The molecule has 3 rings (SSSR count). The van der Waals surface area contributed by atoms with Crippen LogP contribution in [0.4, 0.5) is 4.39 Å². The predicted octanol–water partition coefficient (Wildman–Crippen LogP) is 1.79. The van der Waals surface area contributed by atoms with Gasteiger partial charge in [-0.2, -0.15) is 0 Å². The molecule has 0 aliphatic carbocycles. The maximum atomic E-state index is 12.8. The minimum Gasteiger partial charge on any atom is -0.494 e. The quantitative estimate of drug-likeness (QED) is 0.841. The van der Waals surface area contributed by atoms with Crippen LogP contribution in [0.15, 0.2) is 24.3 Å². The van der Waals surface area contributed by atoms with Crippen LogP contribution in [0.2, 0.25) is 0 Å². The molecule has 2 bridgehead atoms. The molecule has 3 atom stereocenters. The van der Waals surface area contributed by atoms with Gasteiger partial charge in [-0.1, -0.05) is 0 Å². The number of fused-ring (bicyclic) bond motifs is 2. The molecule has 2 N–H and O–H groups in total. The van der Waals surface area contributed by atoms with E-state index in [1.54, 1.807) is 12.1 Å². The van der Waals surface area contributed by atoms with Gasteiger partial charge >= 0.3 is 0 Å². The Morgan fingerprint density at radius 3 is 2.52 bits per heavy atom. The van der Waals surface area contributed by atoms with Crippen LogP contribution in [0, 0.1) is 5.82 Å². The summed E-state index contributed by atoms with van der Waals surface area (Å²) in [5.41, 5.74) is 6.09. The molecule has 21 heavy (non-hydrogen) atoms. The van der Waals surface area contributed by atoms with Crippen molar-refractivity contribution in [1.29, 1.82) is 0 Å². The third-order valence-corrected chi connectivity index (χ3v) is 4.35. The Balaban J connectivity index is 1.44. The molecule has 2 aliphatic heterocycles. The van der Waals surface area contributed by atoms with Crippen LogP contribution in [0.1, 0.15) is 19.3 Å². The molecular weight excluding hydrogens is 271 g/mol. The topological polar surface area (TPSA) is 47.7 Å². The average molecular weight is 294 g/mol. The Kier molecular flexibility index (Phi) is 4.73. The summed E-state index contributed by atoms with van der Waals surface area (Å²) in [6.45, 7) is 3.24. The number of hydrogen-bond acceptors (Lipinski definition) is 4. The van der Waals surface area contributed by atoms with Gasteiger partial charge in [0.15, 0.2) is 0 Å². The number of piperidine rings is 1. The van der Waals surface area contributed by atoms with Crippen LogP contribution in [0.3, 0.4) is 0 Å². The first kappa shape index (κ1) is 14.8. The number of nitrogens with zero attached hydrogens (tertiary/aromatic N) is 1. The van der Waals surface area contributed by atoms with Crippen molar-refractivity contribution in [2.75, 3.05) is 26.4 Å². The maximum absolute atomic E-state index is 12.8. The fraction of sp³-hybridized carbons (Fsp3) is 0.625. The Morgan fingerprint density at radius 1 is 1.19 bits per heavy atom. The highest BCUT2D eigenvalue weighted by molar-refractivity contribution is 5.21. The zero-order chi connectivity index (χ0) is 14.7. The second-order valence-corrected chi connectivity index (χ2v) is 5.97. The lowest BCUT2D eigenvalue weighted by molar-refractivity contribution is -0.0786. The summed E-state index contributed by atoms with van der Waals surface area (Å²) in [7, 11) is 0. The summed E-state index contributed by atoms with van der Waals surface area (Å²) in [4.78, 5) is 2.53. The van der Waals surface area contributed by atoms with Gasteiger partial charge in [-0.3, -0.25) is 4.90 Å². The second kappa shape index (κ2) is 6.73. The highest BCUT2D eigenvalue weighted by Gasteiger charge is 2.37. The summed E-state index contributed by atoms with van der Waals surface area (Å²) in [5.74, 6) is 0.487. The van der Waals surface area contributed by atoms with Crippen LogP contribution in [0.25, 0.3) is 0 Å². The summed E-state index contributed by atoms with van der Waals surface area (Å²) in [6, 6.07) is 7.40. The van der Waals surface area contributed by atoms with E-state index in [2.05, 4.69) is 4.90 Å². The van der Waals surface area contributed by atoms with Crippen molar-refractivity contribution >= 4 is 0 Å². The number of halogens is 1. The minimum atomic E-state index is -0.236. The van der Waals surface area contributed by atoms with Crippen molar-refractivity contribution in [3.63, 3.8) is 0 Å². The van der Waals surface area contributed by atoms with Crippen molar-refractivity contribution in [3.05, 3.63) is 30.1 Å². The maximum Gasteiger partial charge on any atom is 0.123 e. The lowest BCUT2D eigenvalue weighted by atomic mass is 9.90. The molecule has 4 nitrogen and oxygen atoms in total. The van der Waals surface area contributed by atoms with E-state index >= 15 is 0 Å². The summed E-state index contributed by atoms with van der Waals surface area (Å²) in [5, 5.41) is 0. The molecule has 2 heterocycles. The molecule has 0 aromatic heterocycles. The first-order chi connectivity index (χ1) is 10.2. The van der Waals surface area contributed by atoms with Crippen molar-refractivity contribution in [1.82, 2.24) is 4.90 Å². The third-order valence-electron chi connectivity index (χ3n) is 4.35. The van der Waals surface area contributed by atoms with Gasteiger partial charge < -0.3 is 15.2 Å². The Bertz CT molecular complexity index is 440. The Labute approximate surface area is 125 Å². The standard InChI is InChI=1S/C16H23FN2O2/c17-12-2-4-16(5-3-12)21-7-1-6-19-14-8-13(18)9-15(19)11-20-10-14/h2-5,13-15H,1,6-11,18H2/t13?,14-,15+. The number of ether oxygens (including phenoxy) is 2. The van der Waals surface area contributed by atoms with E-state index in [1.165, 1.54) is 12.1 Å². The molecule has 1 aromatic rings. The average Bonchev–Trinajstić information content (AvgIpc) is 2.46. The highest BCUT2D eigenvalue weighted by atomic mass is 19.1. The molecule has 0 saturated carbocycles. The van der Waals surface area contributed by atoms with E-state index in [1.807, 2.05) is 0 Å². The molecule has 116 valence electrons. The monoisotopic (exact) mass is 294 g/mol. The van der Waals surface area contributed by atoms with Crippen LogP contribution in [-0.4, -0.2) is 49.4 Å². The number of nitrogens with two attached hydrogens (primary N) is 1. The van der Waals surface area contributed by atoms with Crippen LogP contribution >= 0.6 is 0 Å². The smallest absolute Gasteiger partial charge is 0.123 e. The zero-order valence-electron chi connectivity index (χ0n) is 12.2. The normalized spacial score (nSPS) is 29.3. The Morgan fingerprint density at radius 2 is 1.86 bits per heavy atom. The van der Waals surface area contributed by atoms with Crippen molar-refractivity contribution in [2.45, 2.75) is 37.4 Å². The fourth-order valence-electron chi connectivity index (χ4n) is 3.36. The molecule has 2 aliphatic rings. The summed E-state index contributed by atoms with van der Waals surface area (Å²) < 4.78 is 24.1. The zero-order valence-corrected chi connectivity index (χ0v) is 12.2. The fourth-order valence-corrected chi connectivity index (χ4v) is 3.36. The first-order valence-corrected chi connectivity index (χ1v) is 7.70. The summed E-state index contributed by atoms with van der Waals surface area (Å²) >= 11 is 0. The highest BCUT2D eigenvalue weighted by Crippen LogP contribution is 2.26. The molecule has 5 heteroatoms. The van der Waals surface area contributed by atoms with Crippen molar-refractivity contribution in [2.24, 2.45) is 5.73 Å². The van der Waals surface area contributed by atoms with E-state index in [9.17, 15) is 4.39 Å². The molecular formula is C16H23FN2O2. The molecule has 0 radical (unpaired) electrons. The molecule has 2 fully saturated rings. The van der Waals surface area contributed by atoms with E-state index in [0.717, 1.165) is 44.8 Å². The molecule has 1 aromatic carbocycles. The lowest BCUT2D eigenvalue weighted by Crippen LogP contribution is -2.59. The first-order valence-electron chi connectivity index (χ1n) is 7.70. The van der Waals surface area contributed by atoms with E-state index in [4.69, 9.17) is 15.2 Å². The van der Waals surface area contributed by atoms with Crippen LogP contribution < -0.4 is 10.5 Å². The van der Waals surface area contributed by atoms with Gasteiger partial charge in [0, 0.05) is 24.7 Å². The van der Waals surface area contributed by atoms with E-state index in [-0.39, 0.29) is 5.82 Å². The van der Waals surface area contributed by atoms with Gasteiger partial charge in [-0.05, 0) is 43.5 Å². The molecule has 0 amide bonds. The van der Waals surface area contributed by atoms with E-state index in [0.29, 0.717) is 24.7 Å². The molecule has 1 unspecified atom stereocenters. The van der Waals surface area contributed by atoms with Gasteiger partial charge in [0.2, 0.25) is 0 Å². The van der Waals surface area contributed by atoms with Crippen molar-refractivity contribution in [3.8, 4) is 5.75 Å². The molecule has 0 spiro atoms. The van der Waals surface area contributed by atoms with Crippen LogP contribution in [-0.2, 0) is 4.74 Å². The number of morpholine rings is 1. The second-order valence-electron chi connectivity index (χ2n) is 5.97. The predicted molar refractivity (Wildman–Crippen MR) is 78.8 cm³/mol. The Hall–Kier alpha value is -1.17. The molecule has 2 saturated heterocycles. The summed E-state index contributed by atoms with van der Waals surface area (Å²) in [6.07, 6.45) is 3.00. The number of benzene rings is 1. The van der Waals surface area contributed by atoms with Gasteiger partial charge in [0.25, 0.3) is 0 Å². The number of hydrogen-bond donors (Lipinski definition) is 1. The third kappa shape index (κ3) is 3.73. The van der Waals surface area contributed by atoms with Gasteiger partial charge in [-0.25, -0.2) is 4.39 Å². The van der Waals surface area contributed by atoms with Gasteiger partial charge in [0.1, 0.15) is 11.6 Å². The largest absolute Gasteiger partial charge is 0.494 e. The minimum absolute atomic E-state index is 0.236. The lowest BCUT2D eigenvalue weighted by Gasteiger charge is -2.47. The van der Waals surface area contributed by atoms with Gasteiger partial charge in [-0.15, -0.1) is 0 Å². The van der Waals surface area contributed by atoms with Gasteiger partial charge in [0.05, 0.1) is 19.8 Å². The number of rotatable bonds is 5. The van der Waals surface area contributed by atoms with Crippen LogP contribution in [0.5, 0.6) is 5.75 Å². The van der Waals surface area contributed by atoms with Crippen molar-refractivity contribution < 1.29 is 13.9 Å². The van der Waals surface area contributed by atoms with E-state index < -0.39 is 0 Å².